The van der Waals surface area contributed by atoms with Gasteiger partial charge in [-0.25, -0.2) is 4.79 Å². The predicted octanol–water partition coefficient (Wildman–Crippen LogP) is 2.71. The molecule has 2 aliphatic rings. The summed E-state index contributed by atoms with van der Waals surface area (Å²) in [5.74, 6) is -2.96. The molecule has 0 spiro atoms. The molecule has 2 fully saturated rings. The third kappa shape index (κ3) is 7.22. The second-order valence-corrected chi connectivity index (χ2v) is 10.1. The van der Waals surface area contributed by atoms with E-state index in [1.54, 1.807) is 6.08 Å². The first-order valence-corrected chi connectivity index (χ1v) is 11.3. The normalized spacial score (nSPS) is 20.2. The second-order valence-electron chi connectivity index (χ2n) is 9.13. The number of hydrogen-bond acceptors (Lipinski definition) is 8. The van der Waals surface area contributed by atoms with E-state index < -0.39 is 36.0 Å². The summed E-state index contributed by atoms with van der Waals surface area (Å²) in [5.41, 5.74) is -0.194. The van der Waals surface area contributed by atoms with Gasteiger partial charge in [0.15, 0.2) is 0 Å². The number of carbonyl (C=O) groups is 3. The van der Waals surface area contributed by atoms with Crippen LogP contribution >= 0.6 is 11.3 Å². The molecule has 0 aromatic carbocycles. The molecule has 1 saturated carbocycles. The van der Waals surface area contributed by atoms with Crippen molar-refractivity contribution in [1.29, 1.82) is 0 Å². The third-order valence-electron chi connectivity index (χ3n) is 5.09. The van der Waals surface area contributed by atoms with Gasteiger partial charge in [-0.15, -0.1) is 15.3 Å². The monoisotopic (exact) mass is 489 g/mol. The van der Waals surface area contributed by atoms with Gasteiger partial charge in [-0.2, -0.15) is 13.2 Å². The van der Waals surface area contributed by atoms with Crippen LogP contribution in [0.2, 0.25) is 0 Å². The fourth-order valence-corrected chi connectivity index (χ4v) is 3.80. The summed E-state index contributed by atoms with van der Waals surface area (Å²) < 4.78 is 37.2. The highest BCUT2D eigenvalue weighted by molar-refractivity contribution is 7.15. The van der Waals surface area contributed by atoms with Gasteiger partial charge in [-0.05, 0) is 18.8 Å². The lowest BCUT2D eigenvalue weighted by molar-refractivity contribution is -0.261. The third-order valence-corrected chi connectivity index (χ3v) is 6.36. The molecule has 1 aliphatic heterocycles. The number of alkyl halides is 3. The maximum atomic E-state index is 12.5. The van der Waals surface area contributed by atoms with Gasteiger partial charge in [0.2, 0.25) is 16.9 Å². The van der Waals surface area contributed by atoms with E-state index in [0.717, 1.165) is 22.9 Å². The molecular weight excluding hydrogens is 463 g/mol. The van der Waals surface area contributed by atoms with Gasteiger partial charge < -0.3 is 10.2 Å². The Hall–Kier alpha value is -2.54. The van der Waals surface area contributed by atoms with E-state index in [-0.39, 0.29) is 18.4 Å². The standard InChI is InChI=1S/C20H26F3N5O4S/c1-19(2,3)16-26-27-18(33-16)25-14(29)7-6-12(10-11-4-5-11)24-15(30)13-8-9-28(13)32-17(31)20(21,22)23/h6-7,11-13H,4-5,8-10H2,1-3H3,(H,24,30)(H,25,27,29)/b7-6+/t12-,13+/m1/s1. The summed E-state index contributed by atoms with van der Waals surface area (Å²) in [4.78, 5) is 40.1. The Labute approximate surface area is 192 Å². The number of rotatable bonds is 8. The van der Waals surface area contributed by atoms with E-state index in [4.69, 9.17) is 0 Å². The number of anilines is 1. The van der Waals surface area contributed by atoms with E-state index in [1.807, 2.05) is 20.8 Å². The zero-order valence-corrected chi connectivity index (χ0v) is 19.3. The smallest absolute Gasteiger partial charge is 0.360 e. The highest BCUT2D eigenvalue weighted by atomic mass is 32.1. The van der Waals surface area contributed by atoms with Crippen molar-refractivity contribution >= 4 is 34.3 Å². The Kier molecular flexibility index (Phi) is 7.42. The quantitative estimate of drug-likeness (QED) is 0.540. The maximum absolute atomic E-state index is 12.5. The van der Waals surface area contributed by atoms with Crippen LogP contribution in [0.5, 0.6) is 0 Å². The predicted molar refractivity (Wildman–Crippen MR) is 113 cm³/mol. The van der Waals surface area contributed by atoms with Gasteiger partial charge in [0.1, 0.15) is 11.0 Å². The molecule has 1 saturated heterocycles. The molecule has 0 unspecified atom stereocenters. The van der Waals surface area contributed by atoms with E-state index in [9.17, 15) is 27.6 Å². The van der Waals surface area contributed by atoms with Crippen molar-refractivity contribution in [2.45, 2.75) is 70.1 Å². The van der Waals surface area contributed by atoms with E-state index >= 15 is 0 Å². The Morgan fingerprint density at radius 2 is 1.91 bits per heavy atom. The minimum atomic E-state index is -5.14. The van der Waals surface area contributed by atoms with E-state index in [0.29, 0.717) is 17.5 Å². The van der Waals surface area contributed by atoms with Crippen LogP contribution in [0, 0.1) is 5.92 Å². The Balaban J connectivity index is 1.55. The SMILES string of the molecule is CC(C)(C)c1nnc(NC(=O)/C=C/[C@H](CC2CC2)NC(=O)[C@@H]2CCN2OC(=O)C(F)(F)F)s1. The number of amides is 2. The van der Waals surface area contributed by atoms with Crippen molar-refractivity contribution in [3.05, 3.63) is 17.2 Å². The highest BCUT2D eigenvalue weighted by Crippen LogP contribution is 2.34. The number of nitrogens with one attached hydrogen (secondary N) is 2. The molecule has 182 valence electrons. The first-order chi connectivity index (χ1) is 15.3. The molecule has 9 nitrogen and oxygen atoms in total. The molecule has 2 N–H and O–H groups in total. The summed E-state index contributed by atoms with van der Waals surface area (Å²) in [5, 5.41) is 15.2. The summed E-state index contributed by atoms with van der Waals surface area (Å²) in [7, 11) is 0. The van der Waals surface area contributed by atoms with Gasteiger partial charge >= 0.3 is 12.1 Å². The molecule has 2 atom stereocenters. The van der Waals surface area contributed by atoms with E-state index in [1.165, 1.54) is 17.4 Å². The average Bonchev–Trinajstić information content (AvgIpc) is 3.35. The van der Waals surface area contributed by atoms with E-state index in [2.05, 4.69) is 25.7 Å². The Morgan fingerprint density at radius 3 is 2.42 bits per heavy atom. The van der Waals surface area contributed by atoms with Crippen molar-refractivity contribution in [3.63, 3.8) is 0 Å². The molecule has 2 heterocycles. The van der Waals surface area contributed by atoms with Crippen LogP contribution in [-0.4, -0.2) is 57.8 Å². The lowest BCUT2D eigenvalue weighted by atomic mass is 9.98. The zero-order valence-electron chi connectivity index (χ0n) is 18.4. The fraction of sp³-hybridized carbons (Fsp3) is 0.650. The van der Waals surface area contributed by atoms with Gasteiger partial charge in [-0.3, -0.25) is 14.9 Å². The van der Waals surface area contributed by atoms with Crippen LogP contribution in [0.25, 0.3) is 0 Å². The number of halogens is 3. The topological polar surface area (TPSA) is 114 Å². The van der Waals surface area contributed by atoms with Crippen LogP contribution in [0.15, 0.2) is 12.2 Å². The summed E-state index contributed by atoms with van der Waals surface area (Å²) in [6, 6.07) is -1.49. The molecule has 13 heteroatoms. The Bertz CT molecular complexity index is 924. The second kappa shape index (κ2) is 9.75. The van der Waals surface area contributed by atoms with Gasteiger partial charge in [0.25, 0.3) is 0 Å². The van der Waals surface area contributed by atoms with Crippen molar-refractivity contribution in [3.8, 4) is 0 Å². The number of hydroxylamine groups is 2. The number of aromatic nitrogens is 2. The molecular formula is C20H26F3N5O4S. The molecule has 1 aromatic heterocycles. The number of nitrogens with zero attached hydrogens (tertiary/aromatic N) is 3. The van der Waals surface area contributed by atoms with Crippen LogP contribution in [-0.2, 0) is 24.6 Å². The van der Waals surface area contributed by atoms with Crippen molar-refractivity contribution in [2.24, 2.45) is 5.92 Å². The summed E-state index contributed by atoms with van der Waals surface area (Å²) in [6.45, 7) is 5.98. The van der Waals surface area contributed by atoms with Crippen molar-refractivity contribution in [1.82, 2.24) is 20.6 Å². The van der Waals surface area contributed by atoms with Gasteiger partial charge in [0, 0.05) is 24.1 Å². The largest absolute Gasteiger partial charge is 0.492 e. The summed E-state index contributed by atoms with van der Waals surface area (Å²) in [6.07, 6.45) is 0.552. The minimum Gasteiger partial charge on any atom is -0.360 e. The average molecular weight is 490 g/mol. The van der Waals surface area contributed by atoms with Gasteiger partial charge in [0.05, 0.1) is 0 Å². The molecule has 0 bridgehead atoms. The van der Waals surface area contributed by atoms with Crippen molar-refractivity contribution < 1.29 is 32.4 Å². The molecule has 1 aromatic rings. The minimum absolute atomic E-state index is 0.0316. The van der Waals surface area contributed by atoms with Crippen LogP contribution < -0.4 is 10.6 Å². The first kappa shape index (κ1) is 25.1. The van der Waals surface area contributed by atoms with Crippen LogP contribution in [0.3, 0.4) is 0 Å². The van der Waals surface area contributed by atoms with Crippen LogP contribution in [0.1, 0.15) is 51.5 Å². The molecule has 33 heavy (non-hydrogen) atoms. The molecule has 3 rings (SSSR count). The summed E-state index contributed by atoms with van der Waals surface area (Å²) >= 11 is 1.27. The van der Waals surface area contributed by atoms with Crippen LogP contribution in [0.4, 0.5) is 18.3 Å². The number of hydrogen-bond donors (Lipinski definition) is 2. The highest BCUT2D eigenvalue weighted by Gasteiger charge is 2.46. The lowest BCUT2D eigenvalue weighted by Crippen LogP contribution is -2.58. The molecule has 1 aliphatic carbocycles. The fourth-order valence-electron chi connectivity index (χ4n) is 3.00. The Morgan fingerprint density at radius 1 is 1.21 bits per heavy atom. The molecule has 0 radical (unpaired) electrons. The maximum Gasteiger partial charge on any atom is 0.492 e. The lowest BCUT2D eigenvalue weighted by Gasteiger charge is -2.37. The van der Waals surface area contributed by atoms with Gasteiger partial charge in [-0.1, -0.05) is 51.0 Å². The number of carbonyl (C=O) groups excluding carboxylic acids is 3. The van der Waals surface area contributed by atoms with Crippen molar-refractivity contribution in [2.75, 3.05) is 11.9 Å². The molecule has 2 amide bonds. The zero-order chi connectivity index (χ0) is 24.4. The first-order valence-electron chi connectivity index (χ1n) is 10.5.